The minimum atomic E-state index is -3.41. The molecule has 0 saturated heterocycles. The summed E-state index contributed by atoms with van der Waals surface area (Å²) in [4.78, 5) is 2.00. The van der Waals surface area contributed by atoms with Crippen LogP contribution in [0.5, 0.6) is 0 Å². The van der Waals surface area contributed by atoms with Gasteiger partial charge in [0.1, 0.15) is 6.10 Å². The van der Waals surface area contributed by atoms with Gasteiger partial charge in [-0.3, -0.25) is 4.72 Å². The second-order valence-electron chi connectivity index (χ2n) is 6.02. The van der Waals surface area contributed by atoms with Crippen LogP contribution in [0.2, 0.25) is 0 Å². The van der Waals surface area contributed by atoms with Gasteiger partial charge in [0.25, 0.3) is 0 Å². The maximum Gasteiger partial charge on any atom is 0.229 e. The number of nitrogens with one attached hydrogen (secondary N) is 1. The van der Waals surface area contributed by atoms with Gasteiger partial charge < -0.3 is 14.7 Å². The van der Waals surface area contributed by atoms with Gasteiger partial charge in [-0.15, -0.1) is 12.4 Å². The molecular formula is C17H25ClN2O4S. The van der Waals surface area contributed by atoms with E-state index in [0.717, 1.165) is 18.2 Å². The first-order chi connectivity index (χ1) is 11.3. The zero-order valence-corrected chi connectivity index (χ0v) is 16.2. The number of fused-ring (bicyclic) bond motifs is 1. The number of halogens is 1. The van der Waals surface area contributed by atoms with Gasteiger partial charge in [-0.05, 0) is 31.1 Å². The van der Waals surface area contributed by atoms with E-state index in [1.165, 1.54) is 0 Å². The summed E-state index contributed by atoms with van der Waals surface area (Å²) in [5.74, 6) is 0. The molecule has 8 heteroatoms. The van der Waals surface area contributed by atoms with E-state index in [1.54, 1.807) is 18.2 Å². The topological polar surface area (TPSA) is 78.9 Å². The average molecular weight is 389 g/mol. The Kier molecular flexibility index (Phi) is 8.11. The van der Waals surface area contributed by atoms with E-state index in [1.807, 2.05) is 37.2 Å². The molecule has 2 aromatic carbocycles. The predicted octanol–water partition coefficient (Wildman–Crippen LogP) is 2.24. The lowest BCUT2D eigenvalue weighted by Crippen LogP contribution is -2.19. The number of rotatable bonds is 8. The van der Waals surface area contributed by atoms with Gasteiger partial charge in [-0.25, -0.2) is 8.42 Å². The lowest BCUT2D eigenvalue weighted by atomic mass is 9.99. The van der Waals surface area contributed by atoms with Crippen LogP contribution in [0.3, 0.4) is 0 Å². The average Bonchev–Trinajstić information content (AvgIpc) is 2.49. The van der Waals surface area contributed by atoms with Crippen LogP contribution in [0.1, 0.15) is 11.7 Å². The van der Waals surface area contributed by atoms with Crippen LogP contribution in [-0.2, 0) is 14.8 Å². The zero-order valence-electron chi connectivity index (χ0n) is 14.6. The van der Waals surface area contributed by atoms with Gasteiger partial charge in [0.15, 0.2) is 0 Å². The molecule has 25 heavy (non-hydrogen) atoms. The number of hydrogen-bond acceptors (Lipinski definition) is 5. The molecule has 0 aliphatic carbocycles. The van der Waals surface area contributed by atoms with E-state index >= 15 is 0 Å². The Morgan fingerprint density at radius 3 is 2.44 bits per heavy atom. The summed E-state index contributed by atoms with van der Waals surface area (Å²) in [5.41, 5.74) is 1.10. The lowest BCUT2D eigenvalue weighted by Gasteiger charge is -2.17. The van der Waals surface area contributed by atoms with Gasteiger partial charge in [-0.1, -0.05) is 30.3 Å². The molecule has 0 aliphatic rings. The summed E-state index contributed by atoms with van der Waals surface area (Å²) in [6, 6.07) is 10.9. The van der Waals surface area contributed by atoms with Crippen molar-refractivity contribution < 1.29 is 18.3 Å². The van der Waals surface area contributed by atoms with E-state index in [2.05, 4.69) is 4.72 Å². The van der Waals surface area contributed by atoms with Crippen LogP contribution in [0.15, 0.2) is 36.4 Å². The lowest BCUT2D eigenvalue weighted by molar-refractivity contribution is 0.0313. The zero-order chi connectivity index (χ0) is 17.7. The molecule has 0 spiro atoms. The first-order valence-electron chi connectivity index (χ1n) is 7.68. The van der Waals surface area contributed by atoms with E-state index in [-0.39, 0.29) is 19.0 Å². The molecule has 0 radical (unpaired) electrons. The highest BCUT2D eigenvalue weighted by Crippen LogP contribution is 2.31. The van der Waals surface area contributed by atoms with Crippen molar-refractivity contribution >= 4 is 38.9 Å². The monoisotopic (exact) mass is 388 g/mol. The second-order valence-corrected chi connectivity index (χ2v) is 7.77. The molecule has 1 atom stereocenters. The van der Waals surface area contributed by atoms with Gasteiger partial charge in [0, 0.05) is 11.9 Å². The highest BCUT2D eigenvalue weighted by Gasteiger charge is 2.15. The fraction of sp³-hybridized carbons (Fsp3) is 0.412. The fourth-order valence-electron chi connectivity index (χ4n) is 2.46. The predicted molar refractivity (Wildman–Crippen MR) is 104 cm³/mol. The Balaban J connectivity index is 0.00000312. The van der Waals surface area contributed by atoms with E-state index in [4.69, 9.17) is 4.74 Å². The number of sulfonamides is 1. The van der Waals surface area contributed by atoms with E-state index in [9.17, 15) is 13.5 Å². The molecule has 0 heterocycles. The maximum absolute atomic E-state index is 11.6. The fourth-order valence-corrected chi connectivity index (χ4v) is 3.03. The molecule has 0 fully saturated rings. The Morgan fingerprint density at radius 1 is 1.20 bits per heavy atom. The third-order valence-electron chi connectivity index (χ3n) is 3.55. The highest BCUT2D eigenvalue weighted by atomic mass is 35.5. The number of aliphatic hydroxyl groups is 1. The van der Waals surface area contributed by atoms with Crippen LogP contribution in [0.4, 0.5) is 5.69 Å². The van der Waals surface area contributed by atoms with Gasteiger partial charge in [0.05, 0.1) is 25.2 Å². The molecular weight excluding hydrogens is 364 g/mol. The van der Waals surface area contributed by atoms with Crippen molar-refractivity contribution in [3.8, 4) is 0 Å². The number of aliphatic hydroxyl groups excluding tert-OH is 1. The molecule has 2 rings (SSSR count). The van der Waals surface area contributed by atoms with E-state index < -0.39 is 16.1 Å². The van der Waals surface area contributed by atoms with Crippen molar-refractivity contribution in [2.45, 2.75) is 6.10 Å². The normalized spacial score (nSPS) is 12.8. The summed E-state index contributed by atoms with van der Waals surface area (Å²) in [5, 5.41) is 12.0. The molecule has 0 saturated carbocycles. The van der Waals surface area contributed by atoms with Gasteiger partial charge >= 0.3 is 0 Å². The number of anilines is 1. The van der Waals surface area contributed by atoms with Crippen LogP contribution >= 0.6 is 12.4 Å². The molecule has 1 unspecified atom stereocenters. The van der Waals surface area contributed by atoms with Crippen LogP contribution in [0.25, 0.3) is 10.8 Å². The van der Waals surface area contributed by atoms with Crippen molar-refractivity contribution in [2.75, 3.05) is 44.8 Å². The van der Waals surface area contributed by atoms with Crippen molar-refractivity contribution in [2.24, 2.45) is 0 Å². The van der Waals surface area contributed by atoms with Crippen molar-refractivity contribution in [1.29, 1.82) is 0 Å². The molecule has 0 bridgehead atoms. The first-order valence-corrected chi connectivity index (χ1v) is 9.57. The summed E-state index contributed by atoms with van der Waals surface area (Å²) < 4.78 is 31.2. The van der Waals surface area contributed by atoms with Crippen LogP contribution in [-0.4, -0.2) is 58.5 Å². The van der Waals surface area contributed by atoms with Gasteiger partial charge in [0.2, 0.25) is 10.0 Å². The standard InChI is InChI=1S/C17H24N2O4S.ClH/c1-19(2)10-11-23-12-16(20)14-8-4-6-13-7-5-9-15(17(13)14)18-24(3,21)22;/h4-9,16,18,20H,10-12H2,1-3H3;1H. The van der Waals surface area contributed by atoms with Gasteiger partial charge in [-0.2, -0.15) is 0 Å². The molecule has 0 aliphatic heterocycles. The van der Waals surface area contributed by atoms with Crippen molar-refractivity contribution in [1.82, 2.24) is 4.90 Å². The van der Waals surface area contributed by atoms with Crippen LogP contribution < -0.4 is 4.72 Å². The van der Waals surface area contributed by atoms with Crippen molar-refractivity contribution in [3.05, 3.63) is 42.0 Å². The summed E-state index contributed by atoms with van der Waals surface area (Å²) in [7, 11) is 0.494. The summed E-state index contributed by atoms with van der Waals surface area (Å²) >= 11 is 0. The Bertz CT molecular complexity index is 791. The maximum atomic E-state index is 11.6. The number of benzene rings is 2. The quantitative estimate of drug-likeness (QED) is 0.678. The molecule has 0 amide bonds. The molecule has 0 aromatic heterocycles. The SMILES string of the molecule is CN(C)CCOCC(O)c1cccc2cccc(NS(C)(=O)=O)c12.Cl. The third-order valence-corrected chi connectivity index (χ3v) is 4.14. The minimum Gasteiger partial charge on any atom is -0.386 e. The molecule has 140 valence electrons. The summed E-state index contributed by atoms with van der Waals surface area (Å²) in [6.45, 7) is 1.44. The summed E-state index contributed by atoms with van der Waals surface area (Å²) in [6.07, 6.45) is 0.272. The number of likely N-dealkylation sites (N-methyl/N-ethyl adjacent to an activating group) is 1. The molecule has 2 N–H and O–H groups in total. The minimum absolute atomic E-state index is 0. The number of hydrogen-bond donors (Lipinski definition) is 2. The molecule has 6 nitrogen and oxygen atoms in total. The van der Waals surface area contributed by atoms with Crippen LogP contribution in [0, 0.1) is 0 Å². The third kappa shape index (κ3) is 6.45. The second kappa shape index (κ2) is 9.35. The Hall–Kier alpha value is -1.38. The first kappa shape index (κ1) is 21.7. The largest absolute Gasteiger partial charge is 0.386 e. The number of ether oxygens (including phenoxy) is 1. The van der Waals surface area contributed by atoms with E-state index in [0.29, 0.717) is 23.2 Å². The Morgan fingerprint density at radius 2 is 1.84 bits per heavy atom. The number of nitrogens with zero attached hydrogens (tertiary/aromatic N) is 1. The smallest absolute Gasteiger partial charge is 0.229 e. The molecule has 2 aromatic rings. The Labute approximate surface area is 155 Å². The van der Waals surface area contributed by atoms with Crippen molar-refractivity contribution in [3.63, 3.8) is 0 Å². The highest BCUT2D eigenvalue weighted by molar-refractivity contribution is 7.92.